The van der Waals surface area contributed by atoms with Crippen molar-refractivity contribution >= 4 is 48.5 Å². The molecule has 0 atom stereocenters. The second kappa shape index (κ2) is 8.38. The Morgan fingerprint density at radius 2 is 2.10 bits per heavy atom. The van der Waals surface area contributed by atoms with E-state index in [0.29, 0.717) is 34.9 Å². The summed E-state index contributed by atoms with van der Waals surface area (Å²) in [6.45, 7) is 1.03. The number of thiazole rings is 1. The van der Waals surface area contributed by atoms with Crippen LogP contribution in [0.5, 0.6) is 0 Å². The van der Waals surface area contributed by atoms with E-state index in [2.05, 4.69) is 25.9 Å². The zero-order valence-electron chi connectivity index (χ0n) is 15.1. The quantitative estimate of drug-likeness (QED) is 0.380. The van der Waals surface area contributed by atoms with Gasteiger partial charge in [-0.25, -0.2) is 18.7 Å². The molecule has 0 saturated heterocycles. The number of hydrogen-bond acceptors (Lipinski definition) is 4. The fourth-order valence-electron chi connectivity index (χ4n) is 2.95. The molecule has 0 aliphatic carbocycles. The van der Waals surface area contributed by atoms with Crippen LogP contribution in [0.4, 0.5) is 13.9 Å². The van der Waals surface area contributed by atoms with E-state index < -0.39 is 11.6 Å². The maximum absolute atomic E-state index is 14.1. The molecule has 2 heterocycles. The molecule has 0 saturated carbocycles. The van der Waals surface area contributed by atoms with Crippen LogP contribution in [0.2, 0.25) is 0 Å². The van der Waals surface area contributed by atoms with Gasteiger partial charge in [-0.05, 0) is 30.7 Å². The molecule has 0 unspecified atom stereocenters. The number of carbonyl (C=O) groups is 1. The van der Waals surface area contributed by atoms with Crippen molar-refractivity contribution in [3.63, 3.8) is 0 Å². The van der Waals surface area contributed by atoms with Crippen LogP contribution in [-0.4, -0.2) is 27.0 Å². The molecule has 0 bridgehead atoms. The maximum Gasteiger partial charge on any atom is 0.260 e. The van der Waals surface area contributed by atoms with E-state index in [1.165, 1.54) is 11.0 Å². The fraction of sp³-hybridized carbons (Fsp3) is 0.150. The highest BCUT2D eigenvalue weighted by atomic mass is 79.9. The van der Waals surface area contributed by atoms with Crippen molar-refractivity contribution in [2.24, 2.45) is 0 Å². The van der Waals surface area contributed by atoms with Gasteiger partial charge in [0.05, 0.1) is 11.0 Å². The van der Waals surface area contributed by atoms with E-state index in [-0.39, 0.29) is 11.4 Å². The monoisotopic (exact) mass is 476 g/mol. The highest BCUT2D eigenvalue weighted by molar-refractivity contribution is 9.10. The van der Waals surface area contributed by atoms with E-state index in [9.17, 15) is 13.6 Å². The lowest BCUT2D eigenvalue weighted by Crippen LogP contribution is -2.32. The number of nitrogens with zero attached hydrogens (tertiary/aromatic N) is 4. The summed E-state index contributed by atoms with van der Waals surface area (Å²) < 4.78 is 30.8. The van der Waals surface area contributed by atoms with Crippen LogP contribution in [0.25, 0.3) is 10.2 Å². The first kappa shape index (κ1) is 19.7. The van der Waals surface area contributed by atoms with Crippen LogP contribution >= 0.6 is 27.3 Å². The highest BCUT2D eigenvalue weighted by Crippen LogP contribution is 2.32. The maximum atomic E-state index is 14.1. The molecule has 148 valence electrons. The van der Waals surface area contributed by atoms with Crippen molar-refractivity contribution in [2.45, 2.75) is 13.0 Å². The first-order chi connectivity index (χ1) is 14.0. The molecule has 0 radical (unpaired) electrons. The molecule has 1 amide bonds. The first-order valence-corrected chi connectivity index (χ1v) is 10.4. The number of halogens is 3. The second-order valence-corrected chi connectivity index (χ2v) is 8.28. The predicted octanol–water partition coefficient (Wildman–Crippen LogP) is 5.27. The molecule has 29 heavy (non-hydrogen) atoms. The average Bonchev–Trinajstić information content (AvgIpc) is 3.34. The van der Waals surface area contributed by atoms with Crippen molar-refractivity contribution in [2.75, 3.05) is 11.4 Å². The molecule has 4 aromatic rings. The number of amides is 1. The summed E-state index contributed by atoms with van der Waals surface area (Å²) in [4.78, 5) is 23.0. The largest absolute Gasteiger partial charge is 0.337 e. The number of aryl methyl sites for hydroxylation is 1. The van der Waals surface area contributed by atoms with E-state index >= 15 is 0 Å². The summed E-state index contributed by atoms with van der Waals surface area (Å²) in [7, 11) is 0. The molecule has 0 aliphatic rings. The Hall–Kier alpha value is -2.65. The van der Waals surface area contributed by atoms with Gasteiger partial charge in [0.15, 0.2) is 10.9 Å². The molecule has 2 aromatic heterocycles. The third kappa shape index (κ3) is 4.35. The van der Waals surface area contributed by atoms with Crippen molar-refractivity contribution in [1.29, 1.82) is 0 Å². The van der Waals surface area contributed by atoms with Gasteiger partial charge in [0.25, 0.3) is 5.91 Å². The van der Waals surface area contributed by atoms with Gasteiger partial charge in [0.1, 0.15) is 11.3 Å². The minimum atomic E-state index is -0.740. The van der Waals surface area contributed by atoms with E-state index in [1.807, 2.05) is 16.8 Å². The van der Waals surface area contributed by atoms with Crippen LogP contribution < -0.4 is 4.90 Å². The van der Waals surface area contributed by atoms with Crippen LogP contribution in [-0.2, 0) is 6.54 Å². The molecule has 0 spiro atoms. The summed E-state index contributed by atoms with van der Waals surface area (Å²) in [6.07, 6.45) is 5.88. The van der Waals surface area contributed by atoms with Crippen LogP contribution in [0.3, 0.4) is 0 Å². The molecule has 0 N–H and O–H groups in total. The lowest BCUT2D eigenvalue weighted by molar-refractivity contribution is 0.0986. The zero-order chi connectivity index (χ0) is 20.4. The number of anilines is 1. The van der Waals surface area contributed by atoms with Gasteiger partial charge in [-0.1, -0.05) is 33.3 Å². The van der Waals surface area contributed by atoms with Gasteiger partial charge in [-0.3, -0.25) is 9.69 Å². The number of imidazole rings is 1. The SMILES string of the molecule is O=C(c1cccc(Br)c1)N(CCCn1ccnc1)c1nc2c(F)cc(F)cc2s1. The summed E-state index contributed by atoms with van der Waals surface area (Å²) in [5, 5.41) is 0.333. The van der Waals surface area contributed by atoms with E-state index in [1.54, 1.807) is 30.7 Å². The Bertz CT molecular complexity index is 1160. The normalized spacial score (nSPS) is 11.1. The number of rotatable bonds is 6. The minimum absolute atomic E-state index is 0.0630. The van der Waals surface area contributed by atoms with Crippen molar-refractivity contribution in [3.8, 4) is 0 Å². The minimum Gasteiger partial charge on any atom is -0.337 e. The lowest BCUT2D eigenvalue weighted by Gasteiger charge is -2.20. The van der Waals surface area contributed by atoms with Crippen molar-refractivity contribution < 1.29 is 13.6 Å². The van der Waals surface area contributed by atoms with E-state index in [4.69, 9.17) is 0 Å². The van der Waals surface area contributed by atoms with Crippen LogP contribution in [0, 0.1) is 11.6 Å². The van der Waals surface area contributed by atoms with Gasteiger partial charge < -0.3 is 4.57 Å². The van der Waals surface area contributed by atoms with Gasteiger partial charge in [-0.2, -0.15) is 0 Å². The number of benzene rings is 2. The Balaban J connectivity index is 1.67. The number of hydrogen-bond donors (Lipinski definition) is 0. The molecular formula is C20H15BrF2N4OS. The van der Waals surface area contributed by atoms with Crippen LogP contribution in [0.15, 0.2) is 59.6 Å². The third-order valence-corrected chi connectivity index (χ3v) is 5.83. The summed E-state index contributed by atoms with van der Waals surface area (Å²) in [5.41, 5.74) is 0.543. The number of fused-ring (bicyclic) bond motifs is 1. The standard InChI is InChI=1S/C20H15BrF2N4OS/c21-14-4-1-3-13(9-14)19(28)27(7-2-6-26-8-5-24-12-26)20-25-18-16(23)10-15(22)11-17(18)29-20/h1,3-5,8-12H,2,6-7H2. The topological polar surface area (TPSA) is 51.0 Å². The van der Waals surface area contributed by atoms with Gasteiger partial charge >= 0.3 is 0 Å². The molecule has 9 heteroatoms. The van der Waals surface area contributed by atoms with Gasteiger partial charge in [0.2, 0.25) is 0 Å². The first-order valence-electron chi connectivity index (χ1n) is 8.80. The number of aromatic nitrogens is 3. The number of carbonyl (C=O) groups excluding carboxylic acids is 1. The summed E-state index contributed by atoms with van der Waals surface area (Å²) in [6, 6.07) is 9.06. The van der Waals surface area contributed by atoms with Gasteiger partial charge in [0, 0.05) is 41.6 Å². The molecular weight excluding hydrogens is 462 g/mol. The Kier molecular flexibility index (Phi) is 5.68. The molecule has 4 rings (SSSR count). The lowest BCUT2D eigenvalue weighted by atomic mass is 10.2. The van der Waals surface area contributed by atoms with Gasteiger partial charge in [-0.15, -0.1) is 0 Å². The molecule has 0 aliphatic heterocycles. The third-order valence-electron chi connectivity index (χ3n) is 4.31. The zero-order valence-corrected chi connectivity index (χ0v) is 17.5. The Morgan fingerprint density at radius 1 is 1.24 bits per heavy atom. The summed E-state index contributed by atoms with van der Waals surface area (Å²) in [5.74, 6) is -1.66. The van der Waals surface area contributed by atoms with E-state index in [0.717, 1.165) is 21.9 Å². The Morgan fingerprint density at radius 3 is 2.86 bits per heavy atom. The van der Waals surface area contributed by atoms with Crippen molar-refractivity contribution in [1.82, 2.24) is 14.5 Å². The predicted molar refractivity (Wildman–Crippen MR) is 112 cm³/mol. The fourth-order valence-corrected chi connectivity index (χ4v) is 4.38. The second-order valence-electron chi connectivity index (χ2n) is 6.35. The molecule has 2 aromatic carbocycles. The van der Waals surface area contributed by atoms with Crippen LogP contribution in [0.1, 0.15) is 16.8 Å². The van der Waals surface area contributed by atoms with Crippen molar-refractivity contribution in [3.05, 3.63) is 76.8 Å². The average molecular weight is 477 g/mol. The highest BCUT2D eigenvalue weighted by Gasteiger charge is 2.22. The molecule has 0 fully saturated rings. The summed E-state index contributed by atoms with van der Waals surface area (Å²) >= 11 is 4.47. The Labute approximate surface area is 177 Å². The molecule has 5 nitrogen and oxygen atoms in total. The smallest absolute Gasteiger partial charge is 0.260 e.